The monoisotopic (exact) mass is 342 g/mol. The Kier molecular flexibility index (Phi) is 5.75. The molecule has 1 amide bonds. The molecular weight excluding hydrogens is 320 g/mol. The number of amides is 1. The summed E-state index contributed by atoms with van der Waals surface area (Å²) in [5.74, 6) is 1.22. The molecule has 132 valence electrons. The Hall–Kier alpha value is -2.89. The normalized spacial score (nSPS) is 11.0. The van der Waals surface area contributed by atoms with Gasteiger partial charge in [0.15, 0.2) is 0 Å². The van der Waals surface area contributed by atoms with Gasteiger partial charge in [-0.2, -0.15) is 0 Å². The molecule has 0 radical (unpaired) electrons. The molecule has 0 heterocycles. The quantitative estimate of drug-likeness (QED) is 0.633. The molecule has 0 unspecified atom stereocenters. The van der Waals surface area contributed by atoms with Crippen LogP contribution < -0.4 is 10.1 Å². The average Bonchev–Trinajstić information content (AvgIpc) is 2.56. The molecule has 6 heteroatoms. The molecule has 1 N–H and O–H groups in total. The number of nitrogens with zero attached hydrogens (tertiary/aromatic N) is 1. The second kappa shape index (κ2) is 7.79. The molecule has 0 atom stereocenters. The van der Waals surface area contributed by atoms with Gasteiger partial charge in [-0.3, -0.25) is 14.9 Å². The number of nitro groups is 1. The minimum atomic E-state index is -0.447. The van der Waals surface area contributed by atoms with Crippen LogP contribution in [0.4, 0.5) is 5.69 Å². The topological polar surface area (TPSA) is 81.5 Å². The van der Waals surface area contributed by atoms with Crippen LogP contribution in [0.5, 0.6) is 11.5 Å². The lowest BCUT2D eigenvalue weighted by molar-refractivity contribution is -0.384. The van der Waals surface area contributed by atoms with Crippen molar-refractivity contribution in [2.45, 2.75) is 27.2 Å². The summed E-state index contributed by atoms with van der Waals surface area (Å²) >= 11 is 0. The lowest BCUT2D eigenvalue weighted by Crippen LogP contribution is -2.35. The molecule has 0 fully saturated rings. The third-order valence-corrected chi connectivity index (χ3v) is 3.59. The molecule has 0 spiro atoms. The molecule has 0 aromatic heterocycles. The van der Waals surface area contributed by atoms with Gasteiger partial charge >= 0.3 is 0 Å². The molecule has 2 aromatic rings. The van der Waals surface area contributed by atoms with Crippen LogP contribution in [0.3, 0.4) is 0 Å². The number of non-ortho nitro benzene ring substituents is 1. The number of carbonyl (C=O) groups excluding carboxylic acids is 1. The standard InChI is InChI=1S/C19H22N2O4/c1-19(2,3)18(22)20-13-12-14-4-8-16(9-5-14)25-17-10-6-15(7-11-17)21(23)24/h4-11H,12-13H2,1-3H3,(H,20,22). The molecule has 0 saturated heterocycles. The van der Waals surface area contributed by atoms with Gasteiger partial charge in [0.05, 0.1) is 4.92 Å². The van der Waals surface area contributed by atoms with Crippen LogP contribution in [0.2, 0.25) is 0 Å². The summed E-state index contributed by atoms with van der Waals surface area (Å²) in [6, 6.07) is 13.5. The molecule has 25 heavy (non-hydrogen) atoms. The van der Waals surface area contributed by atoms with Gasteiger partial charge in [0, 0.05) is 24.1 Å². The van der Waals surface area contributed by atoms with Gasteiger partial charge in [-0.15, -0.1) is 0 Å². The fourth-order valence-corrected chi connectivity index (χ4v) is 2.08. The van der Waals surface area contributed by atoms with Crippen LogP contribution in [0.1, 0.15) is 26.3 Å². The van der Waals surface area contributed by atoms with E-state index in [0.29, 0.717) is 18.0 Å². The fraction of sp³-hybridized carbons (Fsp3) is 0.316. The zero-order valence-corrected chi connectivity index (χ0v) is 14.6. The largest absolute Gasteiger partial charge is 0.457 e. The van der Waals surface area contributed by atoms with Crippen LogP contribution in [-0.2, 0) is 11.2 Å². The molecule has 0 aliphatic rings. The average molecular weight is 342 g/mol. The van der Waals surface area contributed by atoms with Crippen LogP contribution in [0.15, 0.2) is 48.5 Å². The van der Waals surface area contributed by atoms with Crippen LogP contribution >= 0.6 is 0 Å². The van der Waals surface area contributed by atoms with Crippen molar-refractivity contribution in [2.75, 3.05) is 6.54 Å². The summed E-state index contributed by atoms with van der Waals surface area (Å²) in [4.78, 5) is 22.0. The molecule has 0 aliphatic heterocycles. The van der Waals surface area contributed by atoms with Gasteiger partial charge in [0.1, 0.15) is 11.5 Å². The Morgan fingerprint density at radius 1 is 1.04 bits per heavy atom. The summed E-state index contributed by atoms with van der Waals surface area (Å²) in [6.07, 6.45) is 0.736. The number of hydrogen-bond donors (Lipinski definition) is 1. The van der Waals surface area contributed by atoms with Crippen molar-refractivity contribution in [3.63, 3.8) is 0 Å². The molecule has 2 rings (SSSR count). The summed E-state index contributed by atoms with van der Waals surface area (Å²) in [5.41, 5.74) is 0.730. The first-order chi connectivity index (χ1) is 11.8. The van der Waals surface area contributed by atoms with Crippen molar-refractivity contribution in [3.05, 3.63) is 64.2 Å². The van der Waals surface area contributed by atoms with E-state index in [2.05, 4.69) is 5.32 Å². The van der Waals surface area contributed by atoms with Gasteiger partial charge in [0.2, 0.25) is 5.91 Å². The van der Waals surface area contributed by atoms with Crippen molar-refractivity contribution < 1.29 is 14.5 Å². The van der Waals surface area contributed by atoms with Gasteiger partial charge < -0.3 is 10.1 Å². The maximum atomic E-state index is 11.8. The number of benzene rings is 2. The highest BCUT2D eigenvalue weighted by molar-refractivity contribution is 5.81. The number of ether oxygens (including phenoxy) is 1. The van der Waals surface area contributed by atoms with E-state index in [-0.39, 0.29) is 17.0 Å². The van der Waals surface area contributed by atoms with E-state index in [1.807, 2.05) is 45.0 Å². The van der Waals surface area contributed by atoms with Crippen molar-refractivity contribution in [3.8, 4) is 11.5 Å². The number of carbonyl (C=O) groups is 1. The van der Waals surface area contributed by atoms with E-state index < -0.39 is 4.92 Å². The summed E-state index contributed by atoms with van der Waals surface area (Å²) < 4.78 is 5.66. The summed E-state index contributed by atoms with van der Waals surface area (Å²) in [6.45, 7) is 6.23. The Morgan fingerprint density at radius 2 is 1.56 bits per heavy atom. The molecular formula is C19H22N2O4. The SMILES string of the molecule is CC(C)(C)C(=O)NCCc1ccc(Oc2ccc([N+](=O)[O-])cc2)cc1. The molecule has 0 bridgehead atoms. The van der Waals surface area contributed by atoms with E-state index in [0.717, 1.165) is 12.0 Å². The number of nitro benzene ring substituents is 1. The minimum Gasteiger partial charge on any atom is -0.457 e. The first-order valence-corrected chi connectivity index (χ1v) is 8.05. The second-order valence-electron chi connectivity index (χ2n) is 6.75. The van der Waals surface area contributed by atoms with E-state index in [1.54, 1.807) is 12.1 Å². The Balaban J connectivity index is 1.87. The Morgan fingerprint density at radius 3 is 2.04 bits per heavy atom. The van der Waals surface area contributed by atoms with Gasteiger partial charge in [-0.05, 0) is 36.2 Å². The van der Waals surface area contributed by atoms with Crippen LogP contribution in [-0.4, -0.2) is 17.4 Å². The van der Waals surface area contributed by atoms with Crippen LogP contribution in [0, 0.1) is 15.5 Å². The highest BCUT2D eigenvalue weighted by atomic mass is 16.6. The predicted molar refractivity (Wildman–Crippen MR) is 95.8 cm³/mol. The Labute approximate surface area is 147 Å². The zero-order valence-electron chi connectivity index (χ0n) is 14.6. The first kappa shape index (κ1) is 18.4. The third kappa shape index (κ3) is 5.60. The van der Waals surface area contributed by atoms with E-state index in [1.165, 1.54) is 12.1 Å². The Bertz CT molecular complexity index is 732. The lowest BCUT2D eigenvalue weighted by atomic mass is 9.95. The van der Waals surface area contributed by atoms with Crippen molar-refractivity contribution in [1.29, 1.82) is 0 Å². The molecule has 2 aromatic carbocycles. The fourth-order valence-electron chi connectivity index (χ4n) is 2.08. The van der Waals surface area contributed by atoms with Crippen LogP contribution in [0.25, 0.3) is 0 Å². The molecule has 6 nitrogen and oxygen atoms in total. The number of hydrogen-bond acceptors (Lipinski definition) is 4. The number of rotatable bonds is 6. The van der Waals surface area contributed by atoms with Gasteiger partial charge in [-0.25, -0.2) is 0 Å². The van der Waals surface area contributed by atoms with E-state index in [9.17, 15) is 14.9 Å². The lowest BCUT2D eigenvalue weighted by Gasteiger charge is -2.17. The van der Waals surface area contributed by atoms with E-state index >= 15 is 0 Å². The van der Waals surface area contributed by atoms with Gasteiger partial charge in [-0.1, -0.05) is 32.9 Å². The van der Waals surface area contributed by atoms with E-state index in [4.69, 9.17) is 4.74 Å². The summed E-state index contributed by atoms with van der Waals surface area (Å²) in [5, 5.41) is 13.5. The highest BCUT2D eigenvalue weighted by Gasteiger charge is 2.20. The van der Waals surface area contributed by atoms with Crippen molar-refractivity contribution in [2.24, 2.45) is 5.41 Å². The predicted octanol–water partition coefficient (Wildman–Crippen LogP) is 4.09. The smallest absolute Gasteiger partial charge is 0.269 e. The molecule has 0 aliphatic carbocycles. The highest BCUT2D eigenvalue weighted by Crippen LogP contribution is 2.24. The summed E-state index contributed by atoms with van der Waals surface area (Å²) in [7, 11) is 0. The minimum absolute atomic E-state index is 0.0278. The van der Waals surface area contributed by atoms with Crippen molar-refractivity contribution in [1.82, 2.24) is 5.32 Å². The zero-order chi connectivity index (χ0) is 18.4. The van der Waals surface area contributed by atoms with Crippen molar-refractivity contribution >= 4 is 11.6 Å². The third-order valence-electron chi connectivity index (χ3n) is 3.59. The molecule has 0 saturated carbocycles. The first-order valence-electron chi connectivity index (χ1n) is 8.05. The maximum Gasteiger partial charge on any atom is 0.269 e. The maximum absolute atomic E-state index is 11.8. The second-order valence-corrected chi connectivity index (χ2v) is 6.75. The number of nitrogens with one attached hydrogen (secondary N) is 1. The van der Waals surface area contributed by atoms with Gasteiger partial charge in [0.25, 0.3) is 5.69 Å².